The van der Waals surface area contributed by atoms with Gasteiger partial charge in [0, 0.05) is 18.5 Å². The van der Waals surface area contributed by atoms with Crippen LogP contribution in [-0.2, 0) is 0 Å². The highest BCUT2D eigenvalue weighted by Crippen LogP contribution is 2.19. The molecule has 4 heteroatoms. The van der Waals surface area contributed by atoms with Crippen molar-refractivity contribution in [3.05, 3.63) is 23.9 Å². The number of hydrogen-bond acceptors (Lipinski definition) is 4. The fourth-order valence-corrected chi connectivity index (χ4v) is 2.12. The smallest absolute Gasteiger partial charge is 0.0963 e. The fourth-order valence-electron chi connectivity index (χ4n) is 1.10. The van der Waals surface area contributed by atoms with Crippen molar-refractivity contribution in [3.63, 3.8) is 0 Å². The quantitative estimate of drug-likeness (QED) is 0.777. The summed E-state index contributed by atoms with van der Waals surface area (Å²) >= 11 is 1.72. The molecule has 0 spiro atoms. The first-order valence-corrected chi connectivity index (χ1v) is 5.99. The third-order valence-electron chi connectivity index (χ3n) is 2.03. The molecule has 0 amide bonds. The van der Waals surface area contributed by atoms with Crippen molar-refractivity contribution in [2.45, 2.75) is 18.1 Å². The Hall–Kier alpha value is -0.580. The molecule has 0 saturated carbocycles. The molecule has 1 aromatic heterocycles. The van der Waals surface area contributed by atoms with Crippen LogP contribution in [0.3, 0.4) is 0 Å². The van der Waals surface area contributed by atoms with Gasteiger partial charge in [-0.1, -0.05) is 0 Å². The van der Waals surface area contributed by atoms with Gasteiger partial charge in [0.05, 0.1) is 11.1 Å². The zero-order valence-electron chi connectivity index (χ0n) is 9.47. The van der Waals surface area contributed by atoms with Crippen molar-refractivity contribution in [1.29, 1.82) is 0 Å². The number of aromatic nitrogens is 1. The molecule has 1 N–H and O–H groups in total. The lowest BCUT2D eigenvalue weighted by Gasteiger charge is -2.09. The standard InChI is InChI=1S/C11H18N2OS/c1-9(14)10-4-5-12-11(8-10)15-7-6-13(2)3/h4-5,8-9,14H,6-7H2,1-3H3/t9-/m0/s1. The Balaban J connectivity index is 2.50. The molecular weight excluding hydrogens is 208 g/mol. The molecule has 0 aliphatic carbocycles. The summed E-state index contributed by atoms with van der Waals surface area (Å²) in [6.07, 6.45) is 1.33. The second-order valence-corrected chi connectivity index (χ2v) is 4.87. The molecule has 1 heterocycles. The zero-order chi connectivity index (χ0) is 11.3. The normalized spacial score (nSPS) is 13.1. The van der Waals surface area contributed by atoms with Gasteiger partial charge in [-0.05, 0) is 38.7 Å². The highest BCUT2D eigenvalue weighted by molar-refractivity contribution is 7.99. The summed E-state index contributed by atoms with van der Waals surface area (Å²) in [5, 5.41) is 10.4. The van der Waals surface area contributed by atoms with E-state index in [4.69, 9.17) is 0 Å². The maximum Gasteiger partial charge on any atom is 0.0963 e. The molecule has 0 aliphatic rings. The summed E-state index contributed by atoms with van der Waals surface area (Å²) in [6, 6.07) is 3.80. The molecule has 1 aromatic rings. The lowest BCUT2D eigenvalue weighted by molar-refractivity contribution is 0.199. The van der Waals surface area contributed by atoms with E-state index in [0.29, 0.717) is 0 Å². The zero-order valence-corrected chi connectivity index (χ0v) is 10.3. The Morgan fingerprint density at radius 1 is 1.53 bits per heavy atom. The van der Waals surface area contributed by atoms with Gasteiger partial charge >= 0.3 is 0 Å². The topological polar surface area (TPSA) is 36.4 Å². The van der Waals surface area contributed by atoms with E-state index in [9.17, 15) is 5.11 Å². The molecule has 1 rings (SSSR count). The van der Waals surface area contributed by atoms with E-state index in [1.807, 2.05) is 12.1 Å². The number of hydrogen-bond donors (Lipinski definition) is 1. The van der Waals surface area contributed by atoms with Gasteiger partial charge in [0.15, 0.2) is 0 Å². The minimum Gasteiger partial charge on any atom is -0.389 e. The highest BCUT2D eigenvalue weighted by Gasteiger charge is 2.03. The monoisotopic (exact) mass is 226 g/mol. The van der Waals surface area contributed by atoms with Gasteiger partial charge in [0.2, 0.25) is 0 Å². The Morgan fingerprint density at radius 2 is 2.27 bits per heavy atom. The van der Waals surface area contributed by atoms with Crippen LogP contribution < -0.4 is 0 Å². The molecule has 0 aromatic carbocycles. The van der Waals surface area contributed by atoms with E-state index < -0.39 is 6.10 Å². The predicted molar refractivity (Wildman–Crippen MR) is 64.1 cm³/mol. The molecule has 3 nitrogen and oxygen atoms in total. The summed E-state index contributed by atoms with van der Waals surface area (Å²) in [4.78, 5) is 6.40. The van der Waals surface area contributed by atoms with Gasteiger partial charge in [-0.2, -0.15) is 0 Å². The van der Waals surface area contributed by atoms with Crippen molar-refractivity contribution in [2.75, 3.05) is 26.4 Å². The maximum atomic E-state index is 9.42. The molecule has 0 aliphatic heterocycles. The predicted octanol–water partition coefficient (Wildman–Crippen LogP) is 1.79. The van der Waals surface area contributed by atoms with Gasteiger partial charge < -0.3 is 10.0 Å². The number of aliphatic hydroxyl groups is 1. The van der Waals surface area contributed by atoms with Crippen molar-refractivity contribution in [2.24, 2.45) is 0 Å². The number of thioether (sulfide) groups is 1. The molecule has 1 atom stereocenters. The average molecular weight is 226 g/mol. The first-order valence-electron chi connectivity index (χ1n) is 5.01. The summed E-state index contributed by atoms with van der Waals surface area (Å²) in [5.74, 6) is 1.02. The van der Waals surface area contributed by atoms with E-state index >= 15 is 0 Å². The maximum absolute atomic E-state index is 9.42. The van der Waals surface area contributed by atoms with Gasteiger partial charge in [-0.3, -0.25) is 0 Å². The van der Waals surface area contributed by atoms with E-state index in [1.165, 1.54) is 0 Å². The molecule has 0 bridgehead atoms. The van der Waals surface area contributed by atoms with Crippen molar-refractivity contribution >= 4 is 11.8 Å². The average Bonchev–Trinajstić information content (AvgIpc) is 2.17. The van der Waals surface area contributed by atoms with E-state index in [2.05, 4.69) is 24.0 Å². The van der Waals surface area contributed by atoms with Crippen LogP contribution >= 0.6 is 11.8 Å². The summed E-state index contributed by atoms with van der Waals surface area (Å²) < 4.78 is 0. The highest BCUT2D eigenvalue weighted by atomic mass is 32.2. The number of pyridine rings is 1. The van der Waals surface area contributed by atoms with Crippen LogP contribution in [-0.4, -0.2) is 41.4 Å². The van der Waals surface area contributed by atoms with Gasteiger partial charge in [-0.15, -0.1) is 11.8 Å². The second-order valence-electron chi connectivity index (χ2n) is 3.76. The molecule has 84 valence electrons. The number of nitrogens with zero attached hydrogens (tertiary/aromatic N) is 2. The molecular formula is C11H18N2OS. The van der Waals surface area contributed by atoms with Crippen LogP contribution in [0.5, 0.6) is 0 Å². The lowest BCUT2D eigenvalue weighted by atomic mass is 10.2. The first-order chi connectivity index (χ1) is 7.09. The summed E-state index contributed by atoms with van der Waals surface area (Å²) in [7, 11) is 4.11. The van der Waals surface area contributed by atoms with E-state index in [-0.39, 0.29) is 0 Å². The largest absolute Gasteiger partial charge is 0.389 e. The third-order valence-corrected chi connectivity index (χ3v) is 2.94. The van der Waals surface area contributed by atoms with Crippen LogP contribution in [0, 0.1) is 0 Å². The Bertz CT molecular complexity index is 302. The number of rotatable bonds is 5. The second kappa shape index (κ2) is 6.10. The third kappa shape index (κ3) is 4.64. The lowest BCUT2D eigenvalue weighted by Crippen LogP contribution is -2.14. The van der Waals surface area contributed by atoms with E-state index in [1.54, 1.807) is 24.9 Å². The van der Waals surface area contributed by atoms with Crippen molar-refractivity contribution < 1.29 is 5.11 Å². The van der Waals surface area contributed by atoms with Gasteiger partial charge in [0.1, 0.15) is 0 Å². The molecule has 0 saturated heterocycles. The van der Waals surface area contributed by atoms with Crippen molar-refractivity contribution in [1.82, 2.24) is 9.88 Å². The summed E-state index contributed by atoms with van der Waals surface area (Å²) in [6.45, 7) is 2.80. The van der Waals surface area contributed by atoms with Crippen LogP contribution in [0.25, 0.3) is 0 Å². The van der Waals surface area contributed by atoms with Gasteiger partial charge in [0.25, 0.3) is 0 Å². The van der Waals surface area contributed by atoms with Gasteiger partial charge in [-0.25, -0.2) is 4.98 Å². The van der Waals surface area contributed by atoms with Crippen molar-refractivity contribution in [3.8, 4) is 0 Å². The SMILES string of the molecule is C[C@H](O)c1ccnc(SCCN(C)C)c1. The number of aliphatic hydroxyl groups excluding tert-OH is 1. The molecule has 0 radical (unpaired) electrons. The molecule has 15 heavy (non-hydrogen) atoms. The Morgan fingerprint density at radius 3 is 2.87 bits per heavy atom. The minimum atomic E-state index is -0.416. The van der Waals surface area contributed by atoms with Crippen LogP contribution in [0.1, 0.15) is 18.6 Å². The molecule has 0 fully saturated rings. The summed E-state index contributed by atoms with van der Waals surface area (Å²) in [5.41, 5.74) is 0.928. The van der Waals surface area contributed by atoms with Crippen LogP contribution in [0.4, 0.5) is 0 Å². The Kier molecular flexibility index (Phi) is 5.08. The minimum absolute atomic E-state index is 0.416. The van der Waals surface area contributed by atoms with Crippen LogP contribution in [0.2, 0.25) is 0 Å². The first kappa shape index (κ1) is 12.5. The Labute approximate surface area is 95.5 Å². The molecule has 0 unspecified atom stereocenters. The van der Waals surface area contributed by atoms with Crippen LogP contribution in [0.15, 0.2) is 23.4 Å². The van der Waals surface area contributed by atoms with E-state index in [0.717, 1.165) is 22.9 Å². The fraction of sp³-hybridized carbons (Fsp3) is 0.545.